The van der Waals surface area contributed by atoms with Crippen LogP contribution in [0.3, 0.4) is 0 Å². The van der Waals surface area contributed by atoms with Crippen molar-refractivity contribution in [1.82, 2.24) is 21.3 Å². The van der Waals surface area contributed by atoms with Gasteiger partial charge in [-0.05, 0) is 63.5 Å². The van der Waals surface area contributed by atoms with Crippen LogP contribution in [-0.4, -0.2) is 65.3 Å². The quantitative estimate of drug-likeness (QED) is 0.159. The summed E-state index contributed by atoms with van der Waals surface area (Å²) in [7, 11) is 0. The van der Waals surface area contributed by atoms with E-state index in [9.17, 15) is 29.1 Å². The first-order chi connectivity index (χ1) is 21.7. The predicted molar refractivity (Wildman–Crippen MR) is 173 cm³/mol. The average molecular weight is 641 g/mol. The van der Waals surface area contributed by atoms with Crippen LogP contribution in [0.25, 0.3) is 0 Å². The van der Waals surface area contributed by atoms with Gasteiger partial charge in [-0.1, -0.05) is 74.5 Å². The fourth-order valence-electron chi connectivity index (χ4n) is 4.45. The van der Waals surface area contributed by atoms with Crippen LogP contribution < -0.4 is 21.3 Å². The molecule has 5 N–H and O–H groups in total. The zero-order valence-electron chi connectivity index (χ0n) is 27.3. The minimum atomic E-state index is -1.21. The third kappa shape index (κ3) is 15.4. The van der Waals surface area contributed by atoms with Crippen LogP contribution in [0.5, 0.6) is 0 Å². The number of carboxylic acids is 1. The predicted octanol–water partition coefficient (Wildman–Crippen LogP) is 4.32. The van der Waals surface area contributed by atoms with Gasteiger partial charge in [0.15, 0.2) is 0 Å². The summed E-state index contributed by atoms with van der Waals surface area (Å²) in [5.74, 6) is -2.49. The fraction of sp³-hybridized carbons (Fsp3) is 0.500. The molecular weight excluding hydrogens is 592 g/mol. The molecule has 2 aromatic rings. The van der Waals surface area contributed by atoms with E-state index in [-0.39, 0.29) is 38.3 Å². The Morgan fingerprint density at radius 2 is 1.30 bits per heavy atom. The Bertz CT molecular complexity index is 1260. The highest BCUT2D eigenvalue weighted by atomic mass is 16.6. The molecule has 0 aliphatic heterocycles. The highest BCUT2D eigenvalue weighted by Crippen LogP contribution is 2.11. The van der Waals surface area contributed by atoms with E-state index >= 15 is 0 Å². The number of nitrogens with one attached hydrogen (secondary N) is 4. The monoisotopic (exact) mass is 640 g/mol. The second-order valence-corrected chi connectivity index (χ2v) is 12.5. The summed E-state index contributed by atoms with van der Waals surface area (Å²) in [5, 5.41) is 20.3. The van der Waals surface area contributed by atoms with E-state index in [1.54, 1.807) is 20.8 Å². The lowest BCUT2D eigenvalue weighted by atomic mass is 10.0. The molecule has 0 aromatic heterocycles. The number of hydrogen-bond acceptors (Lipinski definition) is 7. The van der Waals surface area contributed by atoms with Crippen molar-refractivity contribution in [2.24, 2.45) is 5.92 Å². The number of hydrogen-bond donors (Lipinski definition) is 5. The number of carbonyl (C=O) groups excluding carboxylic acids is 4. The molecule has 0 saturated heterocycles. The van der Waals surface area contributed by atoms with Gasteiger partial charge in [0.25, 0.3) is 0 Å². The van der Waals surface area contributed by atoms with Crippen LogP contribution in [0.4, 0.5) is 9.59 Å². The molecule has 0 bridgehead atoms. The number of amides is 4. The van der Waals surface area contributed by atoms with E-state index in [1.807, 2.05) is 74.5 Å². The molecule has 12 nitrogen and oxygen atoms in total. The van der Waals surface area contributed by atoms with E-state index in [1.165, 1.54) is 0 Å². The van der Waals surface area contributed by atoms with Crippen LogP contribution in [0.15, 0.2) is 60.7 Å². The molecule has 2 rings (SSSR count). The summed E-state index contributed by atoms with van der Waals surface area (Å²) >= 11 is 0. The van der Waals surface area contributed by atoms with Gasteiger partial charge in [-0.2, -0.15) is 0 Å². The normalized spacial score (nSPS) is 13.1. The number of alkyl carbamates (subject to hydrolysis) is 2. The van der Waals surface area contributed by atoms with E-state index in [4.69, 9.17) is 9.47 Å². The summed E-state index contributed by atoms with van der Waals surface area (Å²) in [5.41, 5.74) is 0.930. The van der Waals surface area contributed by atoms with E-state index in [2.05, 4.69) is 21.3 Å². The first-order valence-electron chi connectivity index (χ1n) is 15.5. The Labute approximate surface area is 271 Å². The topological polar surface area (TPSA) is 172 Å². The van der Waals surface area contributed by atoms with Crippen molar-refractivity contribution in [1.29, 1.82) is 0 Å². The SMILES string of the molecule is CC(C)CC(NC(=O)C(Cc1ccccc1)NC(=O)OCc1ccccc1)C(=O)NC(CCCCNC(=O)OC(C)(C)C)C(=O)O. The Hall–Kier alpha value is -4.61. The zero-order valence-corrected chi connectivity index (χ0v) is 27.3. The molecule has 0 aliphatic rings. The summed E-state index contributed by atoms with van der Waals surface area (Å²) in [6, 6.07) is 14.9. The number of aliphatic carboxylic acids is 1. The lowest BCUT2D eigenvalue weighted by molar-refractivity contribution is -0.142. The Morgan fingerprint density at radius 1 is 0.739 bits per heavy atom. The van der Waals surface area contributed by atoms with Gasteiger partial charge in [-0.25, -0.2) is 14.4 Å². The lowest BCUT2D eigenvalue weighted by Gasteiger charge is -2.25. The standard InChI is InChI=1S/C34H48N4O8/c1-23(2)20-27(29(39)36-26(31(41)42)18-12-13-19-35-32(43)46-34(3,4)5)37-30(40)28(21-24-14-8-6-9-15-24)38-33(44)45-22-25-16-10-7-11-17-25/h6-11,14-17,23,26-28H,12-13,18-22H2,1-5H3,(H,35,43)(H,36,39)(H,37,40)(H,38,44)(H,41,42). The van der Waals surface area contributed by atoms with Crippen molar-refractivity contribution in [3.63, 3.8) is 0 Å². The number of rotatable bonds is 17. The zero-order chi connectivity index (χ0) is 34.1. The maximum Gasteiger partial charge on any atom is 0.408 e. The molecule has 0 fully saturated rings. The van der Waals surface area contributed by atoms with Gasteiger partial charge in [-0.3, -0.25) is 9.59 Å². The van der Waals surface area contributed by atoms with Crippen LogP contribution >= 0.6 is 0 Å². The highest BCUT2D eigenvalue weighted by Gasteiger charge is 2.30. The van der Waals surface area contributed by atoms with Gasteiger partial charge < -0.3 is 35.8 Å². The highest BCUT2D eigenvalue weighted by molar-refractivity contribution is 5.93. The Balaban J connectivity index is 2.04. The van der Waals surface area contributed by atoms with Crippen LogP contribution in [0, 0.1) is 5.92 Å². The van der Waals surface area contributed by atoms with E-state index < -0.39 is 53.7 Å². The molecule has 0 radical (unpaired) electrons. The minimum Gasteiger partial charge on any atom is -0.480 e. The van der Waals surface area contributed by atoms with Gasteiger partial charge in [0.2, 0.25) is 11.8 Å². The number of benzene rings is 2. The number of carbonyl (C=O) groups is 5. The summed E-state index contributed by atoms with van der Waals surface area (Å²) < 4.78 is 10.5. The molecule has 0 spiro atoms. The summed E-state index contributed by atoms with van der Waals surface area (Å²) in [4.78, 5) is 63.3. The molecule has 12 heteroatoms. The third-order valence-electron chi connectivity index (χ3n) is 6.65. The smallest absolute Gasteiger partial charge is 0.408 e. The largest absolute Gasteiger partial charge is 0.480 e. The lowest BCUT2D eigenvalue weighted by Crippen LogP contribution is -2.56. The van der Waals surface area contributed by atoms with E-state index in [0.29, 0.717) is 12.8 Å². The second-order valence-electron chi connectivity index (χ2n) is 12.5. The van der Waals surface area contributed by atoms with Crippen LogP contribution in [0.2, 0.25) is 0 Å². The number of ether oxygens (including phenoxy) is 2. The molecular formula is C34H48N4O8. The average Bonchev–Trinajstić information content (AvgIpc) is 2.98. The first-order valence-corrected chi connectivity index (χ1v) is 15.5. The number of carboxylic acid groups (broad SMARTS) is 1. The molecule has 0 aliphatic carbocycles. The maximum atomic E-state index is 13.5. The van der Waals surface area contributed by atoms with Gasteiger partial charge in [0.1, 0.15) is 30.3 Å². The molecule has 3 unspecified atom stereocenters. The second kappa shape index (κ2) is 19.0. The maximum absolute atomic E-state index is 13.5. The summed E-state index contributed by atoms with van der Waals surface area (Å²) in [6.45, 7) is 9.30. The van der Waals surface area contributed by atoms with Crippen molar-refractivity contribution in [2.45, 2.75) is 97.1 Å². The minimum absolute atomic E-state index is 0.0123. The van der Waals surface area contributed by atoms with Crippen molar-refractivity contribution >= 4 is 30.0 Å². The van der Waals surface area contributed by atoms with Gasteiger partial charge >= 0.3 is 18.2 Å². The molecule has 4 amide bonds. The Morgan fingerprint density at radius 3 is 1.87 bits per heavy atom. The first kappa shape index (κ1) is 37.6. The number of unbranched alkanes of at least 4 members (excludes halogenated alkanes) is 1. The van der Waals surface area contributed by atoms with Gasteiger partial charge in [0.05, 0.1) is 0 Å². The molecule has 46 heavy (non-hydrogen) atoms. The molecule has 3 atom stereocenters. The van der Waals surface area contributed by atoms with Crippen molar-refractivity contribution in [2.75, 3.05) is 6.54 Å². The van der Waals surface area contributed by atoms with Crippen molar-refractivity contribution < 1.29 is 38.6 Å². The van der Waals surface area contributed by atoms with Crippen molar-refractivity contribution in [3.05, 3.63) is 71.8 Å². The van der Waals surface area contributed by atoms with E-state index in [0.717, 1.165) is 11.1 Å². The van der Waals surface area contributed by atoms with Gasteiger partial charge in [0, 0.05) is 13.0 Å². The fourth-order valence-corrected chi connectivity index (χ4v) is 4.45. The molecule has 0 heterocycles. The molecule has 0 saturated carbocycles. The van der Waals surface area contributed by atoms with Crippen molar-refractivity contribution in [3.8, 4) is 0 Å². The molecule has 2 aromatic carbocycles. The van der Waals surface area contributed by atoms with Crippen LogP contribution in [-0.2, 0) is 36.9 Å². The molecule has 252 valence electrons. The third-order valence-corrected chi connectivity index (χ3v) is 6.65. The van der Waals surface area contributed by atoms with Crippen LogP contribution in [0.1, 0.15) is 71.4 Å². The Kier molecular flexibility index (Phi) is 15.5. The van der Waals surface area contributed by atoms with Gasteiger partial charge in [-0.15, -0.1) is 0 Å². The summed E-state index contributed by atoms with van der Waals surface area (Å²) in [6.07, 6.45) is 0.00789.